The summed E-state index contributed by atoms with van der Waals surface area (Å²) in [5.74, 6) is 0.276. The lowest BCUT2D eigenvalue weighted by atomic mass is 9.75. The van der Waals surface area contributed by atoms with E-state index in [9.17, 15) is 0 Å². The first kappa shape index (κ1) is 30.2. The molecule has 0 bridgehead atoms. The standard InChI is InChI=1S/C50H35NO/c1-3-11-34(12-4-1)35-21-26-41(27-22-35)51(40-13-5-2-6-14-40)42-28-23-36(24-29-42)37-19-20-38-32-47(44-16-8-7-15-43(44)46(38)31-37)39-25-30-50-48(33-39)45-17-9-10-18-49(45)52-50/h1-31,33,47H,32H2. The van der Waals surface area contributed by atoms with Crippen molar-refractivity contribution in [1.29, 1.82) is 0 Å². The molecule has 1 atom stereocenters. The Morgan fingerprint density at radius 2 is 0.981 bits per heavy atom. The highest BCUT2D eigenvalue weighted by Gasteiger charge is 2.27. The van der Waals surface area contributed by atoms with E-state index < -0.39 is 0 Å². The molecule has 8 aromatic carbocycles. The van der Waals surface area contributed by atoms with E-state index in [0.29, 0.717) is 0 Å². The maximum atomic E-state index is 6.16. The largest absolute Gasteiger partial charge is 0.456 e. The van der Waals surface area contributed by atoms with Crippen LogP contribution in [0, 0.1) is 0 Å². The van der Waals surface area contributed by atoms with E-state index in [-0.39, 0.29) is 5.92 Å². The fourth-order valence-corrected chi connectivity index (χ4v) is 8.08. The predicted molar refractivity (Wildman–Crippen MR) is 217 cm³/mol. The Kier molecular flexibility index (Phi) is 7.32. The van der Waals surface area contributed by atoms with Gasteiger partial charge < -0.3 is 9.32 Å². The summed E-state index contributed by atoms with van der Waals surface area (Å²) in [4.78, 5) is 2.32. The van der Waals surface area contributed by atoms with E-state index in [2.05, 4.69) is 193 Å². The van der Waals surface area contributed by atoms with Crippen molar-refractivity contribution < 1.29 is 4.42 Å². The third-order valence-electron chi connectivity index (χ3n) is 10.7. The van der Waals surface area contributed by atoms with Crippen LogP contribution in [0.4, 0.5) is 17.1 Å². The topological polar surface area (TPSA) is 16.4 Å². The van der Waals surface area contributed by atoms with Gasteiger partial charge in [0.2, 0.25) is 0 Å². The van der Waals surface area contributed by atoms with Crippen LogP contribution in [0.2, 0.25) is 0 Å². The molecule has 0 amide bonds. The minimum atomic E-state index is 0.276. The Bertz CT molecular complexity index is 2690. The molecule has 0 saturated carbocycles. The Balaban J connectivity index is 0.979. The number of hydrogen-bond donors (Lipinski definition) is 0. The monoisotopic (exact) mass is 665 g/mol. The van der Waals surface area contributed by atoms with E-state index >= 15 is 0 Å². The van der Waals surface area contributed by atoms with Crippen LogP contribution in [0.25, 0.3) is 55.3 Å². The van der Waals surface area contributed by atoms with E-state index in [4.69, 9.17) is 4.42 Å². The summed E-state index contributed by atoms with van der Waals surface area (Å²) >= 11 is 0. The molecule has 52 heavy (non-hydrogen) atoms. The molecule has 0 N–H and O–H groups in total. The van der Waals surface area contributed by atoms with Gasteiger partial charge in [-0.05, 0) is 117 Å². The lowest BCUT2D eigenvalue weighted by Crippen LogP contribution is -2.12. The number of fused-ring (bicyclic) bond motifs is 6. The normalized spacial score (nSPS) is 13.5. The number of rotatable bonds is 6. The lowest BCUT2D eigenvalue weighted by Gasteiger charge is -2.29. The van der Waals surface area contributed by atoms with Crippen LogP contribution in [-0.2, 0) is 6.42 Å². The molecule has 1 aliphatic rings. The minimum absolute atomic E-state index is 0.276. The molecule has 9 aromatic rings. The molecule has 10 rings (SSSR count). The second-order valence-electron chi connectivity index (χ2n) is 13.7. The Morgan fingerprint density at radius 3 is 1.75 bits per heavy atom. The van der Waals surface area contributed by atoms with Crippen LogP contribution >= 0.6 is 0 Å². The van der Waals surface area contributed by atoms with Crippen molar-refractivity contribution in [2.24, 2.45) is 0 Å². The fraction of sp³-hybridized carbons (Fsp3) is 0.0400. The molecule has 0 aliphatic heterocycles. The molecule has 0 spiro atoms. The molecule has 1 aromatic heterocycles. The Hall–Kier alpha value is -6.64. The highest BCUT2D eigenvalue weighted by atomic mass is 16.3. The van der Waals surface area contributed by atoms with Crippen LogP contribution in [0.15, 0.2) is 199 Å². The molecule has 2 nitrogen and oxygen atoms in total. The summed E-state index contributed by atoms with van der Waals surface area (Å²) < 4.78 is 6.16. The van der Waals surface area contributed by atoms with Gasteiger partial charge in [-0.2, -0.15) is 0 Å². The number of anilines is 3. The molecule has 246 valence electrons. The summed E-state index contributed by atoms with van der Waals surface area (Å²) in [5.41, 5.74) is 16.9. The van der Waals surface area contributed by atoms with Gasteiger partial charge in [-0.3, -0.25) is 0 Å². The maximum Gasteiger partial charge on any atom is 0.135 e. The highest BCUT2D eigenvalue weighted by molar-refractivity contribution is 6.05. The first-order valence-electron chi connectivity index (χ1n) is 18.0. The number of benzene rings is 8. The third kappa shape index (κ3) is 5.28. The molecule has 1 aliphatic carbocycles. The van der Waals surface area contributed by atoms with Gasteiger partial charge >= 0.3 is 0 Å². The number of nitrogens with zero attached hydrogens (tertiary/aromatic N) is 1. The smallest absolute Gasteiger partial charge is 0.135 e. The Labute approximate surface area is 303 Å². The summed E-state index contributed by atoms with van der Waals surface area (Å²) in [6.45, 7) is 0. The second-order valence-corrected chi connectivity index (χ2v) is 13.7. The first-order chi connectivity index (χ1) is 25.8. The molecular formula is C50H35NO. The summed E-state index contributed by atoms with van der Waals surface area (Å²) in [6, 6.07) is 70.1. The van der Waals surface area contributed by atoms with Gasteiger partial charge in [0.15, 0.2) is 0 Å². The van der Waals surface area contributed by atoms with Crippen molar-refractivity contribution in [3.63, 3.8) is 0 Å². The van der Waals surface area contributed by atoms with Crippen molar-refractivity contribution >= 4 is 39.0 Å². The number of para-hydroxylation sites is 2. The minimum Gasteiger partial charge on any atom is -0.456 e. The zero-order valence-electron chi connectivity index (χ0n) is 28.6. The van der Waals surface area contributed by atoms with Crippen molar-refractivity contribution in [3.8, 4) is 33.4 Å². The molecule has 1 heterocycles. The zero-order chi connectivity index (χ0) is 34.4. The van der Waals surface area contributed by atoms with E-state index in [1.807, 2.05) is 6.07 Å². The van der Waals surface area contributed by atoms with E-state index in [1.165, 1.54) is 60.8 Å². The van der Waals surface area contributed by atoms with Crippen LogP contribution in [-0.4, -0.2) is 0 Å². The van der Waals surface area contributed by atoms with Gasteiger partial charge in [-0.25, -0.2) is 0 Å². The second kappa shape index (κ2) is 12.6. The van der Waals surface area contributed by atoms with Gasteiger partial charge in [0.05, 0.1) is 0 Å². The quantitative estimate of drug-likeness (QED) is 0.176. The number of furan rings is 1. The van der Waals surface area contributed by atoms with Gasteiger partial charge in [-0.1, -0.05) is 133 Å². The average molecular weight is 666 g/mol. The van der Waals surface area contributed by atoms with Crippen molar-refractivity contribution in [3.05, 3.63) is 211 Å². The molecular weight excluding hydrogens is 631 g/mol. The first-order valence-corrected chi connectivity index (χ1v) is 18.0. The molecule has 0 fully saturated rings. The highest BCUT2D eigenvalue weighted by Crippen LogP contribution is 2.45. The molecule has 1 unspecified atom stereocenters. The fourth-order valence-electron chi connectivity index (χ4n) is 8.08. The average Bonchev–Trinajstić information content (AvgIpc) is 3.60. The van der Waals surface area contributed by atoms with E-state index in [0.717, 1.165) is 34.6 Å². The molecule has 0 saturated heterocycles. The van der Waals surface area contributed by atoms with Crippen LogP contribution in [0.1, 0.15) is 22.6 Å². The summed E-state index contributed by atoms with van der Waals surface area (Å²) in [6.07, 6.45) is 0.960. The summed E-state index contributed by atoms with van der Waals surface area (Å²) in [5, 5.41) is 2.36. The predicted octanol–water partition coefficient (Wildman–Crippen LogP) is 13.7. The van der Waals surface area contributed by atoms with Gasteiger partial charge in [0.1, 0.15) is 11.2 Å². The van der Waals surface area contributed by atoms with Crippen molar-refractivity contribution in [2.75, 3.05) is 4.90 Å². The summed E-state index contributed by atoms with van der Waals surface area (Å²) in [7, 11) is 0. The molecule has 2 heteroatoms. The van der Waals surface area contributed by atoms with Gasteiger partial charge in [-0.15, -0.1) is 0 Å². The maximum absolute atomic E-state index is 6.16. The van der Waals surface area contributed by atoms with Gasteiger partial charge in [0.25, 0.3) is 0 Å². The molecule has 0 radical (unpaired) electrons. The number of hydrogen-bond acceptors (Lipinski definition) is 2. The lowest BCUT2D eigenvalue weighted by molar-refractivity contribution is 0.668. The van der Waals surface area contributed by atoms with Crippen LogP contribution in [0.3, 0.4) is 0 Å². The zero-order valence-corrected chi connectivity index (χ0v) is 28.6. The third-order valence-corrected chi connectivity index (χ3v) is 10.7. The van der Waals surface area contributed by atoms with Crippen molar-refractivity contribution in [1.82, 2.24) is 0 Å². The van der Waals surface area contributed by atoms with Crippen LogP contribution < -0.4 is 4.90 Å². The SMILES string of the molecule is c1ccc(-c2ccc(N(c3ccccc3)c3ccc(-c4ccc5c(c4)-c4ccccc4C(c4ccc6oc7ccccc7c6c4)C5)cc3)cc2)cc1. The van der Waals surface area contributed by atoms with Crippen LogP contribution in [0.5, 0.6) is 0 Å². The van der Waals surface area contributed by atoms with Gasteiger partial charge in [0, 0.05) is 33.8 Å². The van der Waals surface area contributed by atoms with E-state index in [1.54, 1.807) is 0 Å². The van der Waals surface area contributed by atoms with Crippen molar-refractivity contribution in [2.45, 2.75) is 12.3 Å². The Morgan fingerprint density at radius 1 is 0.404 bits per heavy atom.